The van der Waals surface area contributed by atoms with Crippen molar-refractivity contribution < 1.29 is 39.8 Å². The molecule has 228 valence electrons. The number of hydrogen-bond acceptors (Lipinski definition) is 12. The van der Waals surface area contributed by atoms with E-state index in [1.807, 2.05) is 20.8 Å². The molecule has 0 aromatic carbocycles. The molecule has 1 aromatic heterocycles. The van der Waals surface area contributed by atoms with Crippen LogP contribution in [0.4, 0.5) is 0 Å². The van der Waals surface area contributed by atoms with Crippen molar-refractivity contribution in [1.29, 1.82) is 0 Å². The van der Waals surface area contributed by atoms with E-state index in [0.29, 0.717) is 32.0 Å². The van der Waals surface area contributed by atoms with Crippen LogP contribution in [0.15, 0.2) is 14.4 Å². The topological polar surface area (TPSA) is 149 Å². The zero-order chi connectivity index (χ0) is 29.7. The monoisotopic (exact) mass is 615 g/mol. The molecule has 0 amide bonds. The van der Waals surface area contributed by atoms with E-state index in [-0.39, 0.29) is 19.8 Å². The van der Waals surface area contributed by atoms with Gasteiger partial charge < -0.3 is 39.8 Å². The SMILES string of the molecule is CCCCO[Si](OC)(OC)n1c(=O)n([Si](OC)(OC)OCCCC)c(=O)n([Si](OC)(OC)OCCCC)c1=O. The molecule has 39 heavy (non-hydrogen) atoms. The summed E-state index contributed by atoms with van der Waals surface area (Å²) in [5, 5.41) is 0. The Kier molecular flexibility index (Phi) is 15.4. The Morgan fingerprint density at radius 2 is 0.667 bits per heavy atom. The summed E-state index contributed by atoms with van der Waals surface area (Å²) in [4.78, 5) is 42.3. The van der Waals surface area contributed by atoms with Crippen LogP contribution in [0.5, 0.6) is 0 Å². The molecule has 1 aromatic rings. The molecule has 0 unspecified atom stereocenters. The maximum atomic E-state index is 14.1. The van der Waals surface area contributed by atoms with Crippen molar-refractivity contribution in [1.82, 2.24) is 12.7 Å². The number of rotatable bonds is 21. The number of hydrogen-bond donors (Lipinski definition) is 0. The Labute approximate surface area is 232 Å². The third-order valence-electron chi connectivity index (χ3n) is 5.86. The third-order valence-corrected chi connectivity index (χ3v) is 13.5. The maximum Gasteiger partial charge on any atom is 0.645 e. The van der Waals surface area contributed by atoms with Gasteiger partial charge >= 0.3 is 44.0 Å². The zero-order valence-electron chi connectivity index (χ0n) is 24.6. The fraction of sp³-hybridized carbons (Fsp3) is 0.857. The van der Waals surface area contributed by atoms with E-state index in [9.17, 15) is 14.4 Å². The molecule has 0 saturated heterocycles. The van der Waals surface area contributed by atoms with Crippen LogP contribution in [0.2, 0.25) is 0 Å². The fourth-order valence-corrected chi connectivity index (χ4v) is 9.83. The molecule has 0 aliphatic rings. The van der Waals surface area contributed by atoms with Crippen LogP contribution in [-0.4, -0.2) is 102 Å². The van der Waals surface area contributed by atoms with E-state index >= 15 is 0 Å². The van der Waals surface area contributed by atoms with Crippen LogP contribution in [-0.2, 0) is 39.8 Å². The normalized spacial score (nSPS) is 12.8. The highest BCUT2D eigenvalue weighted by molar-refractivity contribution is 6.61. The summed E-state index contributed by atoms with van der Waals surface area (Å²) < 4.78 is 53.3. The van der Waals surface area contributed by atoms with Crippen LogP contribution in [0.1, 0.15) is 59.3 Å². The van der Waals surface area contributed by atoms with Gasteiger partial charge in [-0.25, -0.2) is 27.1 Å². The Hall–Kier alpha value is -1.30. The fourth-order valence-electron chi connectivity index (χ4n) is 3.63. The van der Waals surface area contributed by atoms with Crippen molar-refractivity contribution in [2.75, 3.05) is 62.5 Å². The molecule has 0 fully saturated rings. The summed E-state index contributed by atoms with van der Waals surface area (Å²) in [7, 11) is -5.40. The van der Waals surface area contributed by atoms with Crippen molar-refractivity contribution in [3.63, 3.8) is 0 Å². The molecule has 18 heteroatoms. The third kappa shape index (κ3) is 7.51. The van der Waals surface area contributed by atoms with Gasteiger partial charge in [-0.2, -0.15) is 0 Å². The van der Waals surface area contributed by atoms with Crippen molar-refractivity contribution >= 4 is 26.9 Å². The van der Waals surface area contributed by atoms with Crippen molar-refractivity contribution in [2.45, 2.75) is 59.3 Å². The van der Waals surface area contributed by atoms with E-state index in [4.69, 9.17) is 39.8 Å². The van der Waals surface area contributed by atoms with Gasteiger partial charge in [-0.3, -0.25) is 0 Å². The van der Waals surface area contributed by atoms with E-state index in [2.05, 4.69) is 0 Å². The summed E-state index contributed by atoms with van der Waals surface area (Å²) in [6, 6.07) is 0. The molecule has 0 aliphatic heterocycles. The molecule has 0 N–H and O–H groups in total. The smallest absolute Gasteiger partial charge is 0.359 e. The molecule has 0 aliphatic carbocycles. The minimum absolute atomic E-state index is 0.115. The molecule has 0 atom stereocenters. The van der Waals surface area contributed by atoms with Gasteiger partial charge in [0.2, 0.25) is 0 Å². The predicted octanol–water partition coefficient (Wildman–Crippen LogP) is 0.351. The first kappa shape index (κ1) is 35.7. The second-order valence-electron chi connectivity index (χ2n) is 8.26. The Balaban J connectivity index is 4.32. The number of nitrogens with zero attached hydrogens (tertiary/aromatic N) is 3. The highest BCUT2D eigenvalue weighted by atomic mass is 28.4. The largest absolute Gasteiger partial charge is 0.645 e. The lowest BCUT2D eigenvalue weighted by Gasteiger charge is -2.33. The molecule has 0 radical (unpaired) electrons. The van der Waals surface area contributed by atoms with E-state index in [0.717, 1.165) is 19.3 Å². The average Bonchev–Trinajstić information content (AvgIpc) is 2.94. The molecular formula is C21H45N3O12Si3. The Morgan fingerprint density at radius 1 is 0.462 bits per heavy atom. The second kappa shape index (κ2) is 16.8. The van der Waals surface area contributed by atoms with Crippen LogP contribution < -0.4 is 17.1 Å². The van der Waals surface area contributed by atoms with Crippen LogP contribution >= 0.6 is 0 Å². The molecule has 0 saturated carbocycles. The van der Waals surface area contributed by atoms with Gasteiger partial charge in [0.1, 0.15) is 0 Å². The molecule has 1 rings (SSSR count). The molecule has 0 bridgehead atoms. The standard InChI is InChI=1S/C21H45N3O12Si3/c1-10-13-16-34-37(28-4,29-5)22-19(25)23(38(30-6,31-7)35-17-14-11-2)21(27)24(20(22)26)39(32-8,33-9)36-18-15-12-3/h10-18H2,1-9H3. The summed E-state index contributed by atoms with van der Waals surface area (Å²) in [6.07, 6.45) is 4.06. The van der Waals surface area contributed by atoms with Crippen LogP contribution in [0.3, 0.4) is 0 Å². The quantitative estimate of drug-likeness (QED) is 0.139. The highest BCUT2D eigenvalue weighted by Crippen LogP contribution is 2.14. The predicted molar refractivity (Wildman–Crippen MR) is 147 cm³/mol. The summed E-state index contributed by atoms with van der Waals surface area (Å²) in [5.41, 5.74) is -3.45. The van der Waals surface area contributed by atoms with Crippen molar-refractivity contribution in [3.8, 4) is 0 Å². The minimum Gasteiger partial charge on any atom is -0.359 e. The molecule has 0 spiro atoms. The molecule has 1 heterocycles. The lowest BCUT2D eigenvalue weighted by Crippen LogP contribution is -2.76. The van der Waals surface area contributed by atoms with Crippen LogP contribution in [0, 0.1) is 0 Å². The highest BCUT2D eigenvalue weighted by Gasteiger charge is 2.57. The summed E-state index contributed by atoms with van der Waals surface area (Å²) >= 11 is 0. The van der Waals surface area contributed by atoms with Gasteiger partial charge in [-0.15, -0.1) is 0 Å². The first-order valence-electron chi connectivity index (χ1n) is 12.9. The maximum absolute atomic E-state index is 14.1. The summed E-state index contributed by atoms with van der Waals surface area (Å²) in [5.74, 6) is 0. The molecule has 15 nitrogen and oxygen atoms in total. The number of aromatic nitrogens is 3. The van der Waals surface area contributed by atoms with Gasteiger partial charge in [0.05, 0.1) is 0 Å². The van der Waals surface area contributed by atoms with Crippen LogP contribution in [0.25, 0.3) is 0 Å². The first-order valence-corrected chi connectivity index (χ1v) is 17.9. The minimum atomic E-state index is -4.29. The van der Waals surface area contributed by atoms with E-state index in [1.54, 1.807) is 0 Å². The summed E-state index contributed by atoms with van der Waals surface area (Å²) in [6.45, 7) is 6.18. The van der Waals surface area contributed by atoms with Gasteiger partial charge in [0.25, 0.3) is 0 Å². The van der Waals surface area contributed by atoms with E-state index in [1.165, 1.54) is 42.7 Å². The second-order valence-corrected chi connectivity index (χ2v) is 16.1. The van der Waals surface area contributed by atoms with E-state index < -0.39 is 44.0 Å². The van der Waals surface area contributed by atoms with Crippen molar-refractivity contribution in [2.24, 2.45) is 0 Å². The zero-order valence-corrected chi connectivity index (χ0v) is 27.6. The molecular weight excluding hydrogens is 570 g/mol. The average molecular weight is 616 g/mol. The lowest BCUT2D eigenvalue weighted by molar-refractivity contribution is 0.0674. The van der Waals surface area contributed by atoms with Gasteiger partial charge in [0.15, 0.2) is 0 Å². The van der Waals surface area contributed by atoms with Gasteiger partial charge in [0, 0.05) is 62.5 Å². The Morgan fingerprint density at radius 3 is 0.821 bits per heavy atom. The van der Waals surface area contributed by atoms with Gasteiger partial charge in [-0.1, -0.05) is 40.0 Å². The lowest BCUT2D eigenvalue weighted by atomic mass is 10.4. The number of unbranched alkanes of at least 4 members (excludes halogenated alkanes) is 3. The Bertz CT molecular complexity index is 877. The first-order chi connectivity index (χ1) is 18.6. The van der Waals surface area contributed by atoms with Crippen molar-refractivity contribution in [3.05, 3.63) is 31.5 Å². The van der Waals surface area contributed by atoms with Gasteiger partial charge in [-0.05, 0) is 19.3 Å².